The second-order valence-electron chi connectivity index (χ2n) is 5.93. The molecule has 2 N–H and O–H groups in total. The molecule has 3 rings (SSSR count). The van der Waals surface area contributed by atoms with Gasteiger partial charge in [-0.25, -0.2) is 0 Å². The van der Waals surface area contributed by atoms with Crippen LogP contribution in [0.25, 0.3) is 6.08 Å². The minimum absolute atomic E-state index is 0.0484. The third kappa shape index (κ3) is 4.96. The van der Waals surface area contributed by atoms with E-state index in [2.05, 4.69) is 10.6 Å². The molecule has 2 aromatic rings. The summed E-state index contributed by atoms with van der Waals surface area (Å²) in [5, 5.41) is 4.98. The second-order valence-corrected chi connectivity index (χ2v) is 8.32. The Morgan fingerprint density at radius 2 is 1.67 bits per heavy atom. The molecule has 1 aliphatic heterocycles. The van der Waals surface area contributed by atoms with Gasteiger partial charge in [0.15, 0.2) is 16.6 Å². The smallest absolute Gasteiger partial charge is 0.339 e. The monoisotopic (exact) mass is 466 g/mol. The van der Waals surface area contributed by atoms with Gasteiger partial charge in [-0.1, -0.05) is 17.7 Å². The van der Waals surface area contributed by atoms with Crippen molar-refractivity contribution < 1.29 is 26.9 Å². The largest absolute Gasteiger partial charge is 0.490 e. The second kappa shape index (κ2) is 8.82. The van der Waals surface area contributed by atoms with Gasteiger partial charge in [0.25, 0.3) is 11.8 Å². The normalized spacial score (nSPS) is 14.1. The zero-order valence-electron chi connectivity index (χ0n) is 15.5. The van der Waals surface area contributed by atoms with Crippen molar-refractivity contribution in [1.29, 1.82) is 0 Å². The van der Waals surface area contributed by atoms with E-state index >= 15 is 0 Å². The Morgan fingerprint density at radius 1 is 1.03 bits per heavy atom. The van der Waals surface area contributed by atoms with Crippen molar-refractivity contribution >= 4 is 56.9 Å². The van der Waals surface area contributed by atoms with Crippen LogP contribution in [0.15, 0.2) is 52.9 Å². The predicted octanol–water partition coefficient (Wildman–Crippen LogP) is 2.42. The molecule has 0 aliphatic carbocycles. The molecule has 1 heterocycles. The summed E-state index contributed by atoms with van der Waals surface area (Å²) in [6, 6.07) is 9.81. The van der Waals surface area contributed by atoms with Crippen molar-refractivity contribution in [2.24, 2.45) is 0 Å². The van der Waals surface area contributed by atoms with Crippen LogP contribution >= 0.6 is 23.8 Å². The van der Waals surface area contributed by atoms with Crippen molar-refractivity contribution in [2.45, 2.75) is 11.8 Å². The molecule has 156 valence electrons. The fourth-order valence-electron chi connectivity index (χ4n) is 2.49. The van der Waals surface area contributed by atoms with Crippen LogP contribution in [-0.2, 0) is 19.7 Å². The molecule has 1 fully saturated rings. The van der Waals surface area contributed by atoms with Crippen LogP contribution < -0.4 is 19.6 Å². The minimum atomic E-state index is -4.13. The highest BCUT2D eigenvalue weighted by molar-refractivity contribution is 7.87. The van der Waals surface area contributed by atoms with Gasteiger partial charge in [-0.15, -0.1) is 0 Å². The lowest BCUT2D eigenvalue weighted by atomic mass is 10.1. The summed E-state index contributed by atoms with van der Waals surface area (Å²) >= 11 is 10.5. The standard InChI is InChI=1S/C19H15ClN2O6S2/c1-2-27-16-10-11(9-14-17(23)21-19(29)22-18(14)24)3-8-15(16)28-30(25,26)13-6-4-12(20)5-7-13/h3-10H,2H2,1H3,(H2,21,22,23,24,29). The van der Waals surface area contributed by atoms with Gasteiger partial charge in [0, 0.05) is 5.02 Å². The number of amides is 2. The lowest BCUT2D eigenvalue weighted by Gasteiger charge is -2.16. The van der Waals surface area contributed by atoms with E-state index in [0.717, 1.165) is 0 Å². The lowest BCUT2D eigenvalue weighted by Crippen LogP contribution is -2.51. The molecular formula is C19H15ClN2O6S2. The summed E-state index contributed by atoms with van der Waals surface area (Å²) in [6.07, 6.45) is 1.33. The predicted molar refractivity (Wildman–Crippen MR) is 114 cm³/mol. The van der Waals surface area contributed by atoms with Gasteiger partial charge in [-0.2, -0.15) is 8.42 Å². The summed E-state index contributed by atoms with van der Waals surface area (Å²) < 4.78 is 35.8. The zero-order chi connectivity index (χ0) is 21.9. The zero-order valence-corrected chi connectivity index (χ0v) is 17.9. The molecule has 0 spiro atoms. The van der Waals surface area contributed by atoms with E-state index < -0.39 is 21.9 Å². The van der Waals surface area contributed by atoms with Crippen LogP contribution in [0, 0.1) is 0 Å². The molecular weight excluding hydrogens is 452 g/mol. The molecule has 1 aliphatic rings. The van der Waals surface area contributed by atoms with E-state index in [-0.39, 0.29) is 33.7 Å². The number of benzene rings is 2. The van der Waals surface area contributed by atoms with Crippen LogP contribution in [0.2, 0.25) is 5.02 Å². The molecule has 0 radical (unpaired) electrons. The maximum absolute atomic E-state index is 12.5. The summed E-state index contributed by atoms with van der Waals surface area (Å²) in [4.78, 5) is 23.9. The average Bonchev–Trinajstić information content (AvgIpc) is 2.67. The number of hydrogen-bond acceptors (Lipinski definition) is 7. The lowest BCUT2D eigenvalue weighted by molar-refractivity contribution is -0.123. The highest BCUT2D eigenvalue weighted by Crippen LogP contribution is 2.32. The number of halogens is 1. The van der Waals surface area contributed by atoms with Gasteiger partial charge in [-0.05, 0) is 67.2 Å². The maximum atomic E-state index is 12.5. The molecule has 0 unspecified atom stereocenters. The van der Waals surface area contributed by atoms with Gasteiger partial charge in [0.2, 0.25) is 0 Å². The Bertz CT molecular complexity index is 1140. The number of nitrogens with one attached hydrogen (secondary N) is 2. The Labute approximate surface area is 182 Å². The highest BCUT2D eigenvalue weighted by Gasteiger charge is 2.26. The summed E-state index contributed by atoms with van der Waals surface area (Å²) in [5.41, 5.74) is 0.260. The number of thiocarbonyl (C=S) groups is 1. The molecule has 1 saturated heterocycles. The van der Waals surface area contributed by atoms with E-state index in [9.17, 15) is 18.0 Å². The summed E-state index contributed by atoms with van der Waals surface area (Å²) in [6.45, 7) is 1.94. The first kappa shape index (κ1) is 21.8. The molecule has 0 bridgehead atoms. The van der Waals surface area contributed by atoms with Crippen LogP contribution in [0.1, 0.15) is 12.5 Å². The number of rotatable bonds is 6. The van der Waals surface area contributed by atoms with Gasteiger partial charge in [0.05, 0.1) is 6.61 Å². The van der Waals surface area contributed by atoms with Crippen LogP contribution in [0.4, 0.5) is 0 Å². The van der Waals surface area contributed by atoms with E-state index in [1.807, 2.05) is 0 Å². The average molecular weight is 467 g/mol. The summed E-state index contributed by atoms with van der Waals surface area (Å²) in [7, 11) is -4.13. The van der Waals surface area contributed by atoms with E-state index in [0.29, 0.717) is 10.6 Å². The number of carbonyl (C=O) groups is 2. The van der Waals surface area contributed by atoms with Crippen molar-refractivity contribution in [3.8, 4) is 11.5 Å². The van der Waals surface area contributed by atoms with Crippen LogP contribution in [-0.4, -0.2) is 32.0 Å². The van der Waals surface area contributed by atoms with Gasteiger partial charge < -0.3 is 8.92 Å². The van der Waals surface area contributed by atoms with Crippen molar-refractivity contribution in [3.05, 3.63) is 58.6 Å². The maximum Gasteiger partial charge on any atom is 0.339 e. The molecule has 8 nitrogen and oxygen atoms in total. The molecule has 30 heavy (non-hydrogen) atoms. The quantitative estimate of drug-likeness (QED) is 0.291. The molecule has 0 atom stereocenters. The Hall–Kier alpha value is -2.95. The van der Waals surface area contributed by atoms with E-state index in [4.69, 9.17) is 32.7 Å². The van der Waals surface area contributed by atoms with Gasteiger partial charge >= 0.3 is 10.1 Å². The third-order valence-corrected chi connectivity index (χ3v) is 5.53. The third-order valence-electron chi connectivity index (χ3n) is 3.82. The molecule has 0 saturated carbocycles. The van der Waals surface area contributed by atoms with Gasteiger partial charge in [0.1, 0.15) is 10.5 Å². The van der Waals surface area contributed by atoms with Crippen molar-refractivity contribution in [2.75, 3.05) is 6.61 Å². The SMILES string of the molecule is CCOc1cc(C=C2C(=O)NC(=S)NC2=O)ccc1OS(=O)(=O)c1ccc(Cl)cc1. The first-order chi connectivity index (χ1) is 14.2. The molecule has 0 aromatic heterocycles. The molecule has 2 aromatic carbocycles. The Balaban J connectivity index is 1.93. The van der Waals surface area contributed by atoms with Crippen molar-refractivity contribution in [3.63, 3.8) is 0 Å². The van der Waals surface area contributed by atoms with Gasteiger partial charge in [-0.3, -0.25) is 20.2 Å². The Morgan fingerprint density at radius 3 is 2.27 bits per heavy atom. The number of hydrogen-bond donors (Lipinski definition) is 2. The van der Waals surface area contributed by atoms with Crippen LogP contribution in [0.3, 0.4) is 0 Å². The topological polar surface area (TPSA) is 111 Å². The number of carbonyl (C=O) groups excluding carboxylic acids is 2. The molecule has 11 heteroatoms. The van der Waals surface area contributed by atoms with Crippen molar-refractivity contribution in [1.82, 2.24) is 10.6 Å². The van der Waals surface area contributed by atoms with E-state index in [1.54, 1.807) is 6.92 Å². The minimum Gasteiger partial charge on any atom is -0.490 e. The molecule has 2 amide bonds. The first-order valence-corrected chi connectivity index (χ1v) is 10.7. The highest BCUT2D eigenvalue weighted by atomic mass is 35.5. The summed E-state index contributed by atoms with van der Waals surface area (Å²) in [5.74, 6) is -1.22. The number of ether oxygens (including phenoxy) is 1. The van der Waals surface area contributed by atoms with Crippen LogP contribution in [0.5, 0.6) is 11.5 Å². The van der Waals surface area contributed by atoms with E-state index in [1.165, 1.54) is 48.5 Å². The fraction of sp³-hybridized carbons (Fsp3) is 0.105. The first-order valence-electron chi connectivity index (χ1n) is 8.55. The fourth-order valence-corrected chi connectivity index (χ4v) is 3.74. The Kier molecular flexibility index (Phi) is 6.40.